The minimum absolute atomic E-state index is 0.0575. The van der Waals surface area contributed by atoms with Crippen LogP contribution in [0.15, 0.2) is 0 Å². The van der Waals surface area contributed by atoms with Crippen LogP contribution in [0.5, 0.6) is 0 Å². The first kappa shape index (κ1) is 11.8. The van der Waals surface area contributed by atoms with E-state index in [4.69, 9.17) is 17.0 Å². The maximum absolute atomic E-state index is 5.43. The van der Waals surface area contributed by atoms with Gasteiger partial charge in [0.2, 0.25) is 0 Å². The molecule has 16 heavy (non-hydrogen) atoms. The van der Waals surface area contributed by atoms with Crippen molar-refractivity contribution in [2.45, 2.75) is 45.1 Å². The van der Waals surface area contributed by atoms with E-state index in [-0.39, 0.29) is 5.54 Å². The Morgan fingerprint density at radius 1 is 1.44 bits per heavy atom. The van der Waals surface area contributed by atoms with Gasteiger partial charge in [0.05, 0.1) is 5.54 Å². The fourth-order valence-corrected chi connectivity index (χ4v) is 2.61. The molecule has 1 aliphatic rings. The highest BCUT2D eigenvalue weighted by Crippen LogP contribution is 2.31. The van der Waals surface area contributed by atoms with Crippen molar-refractivity contribution in [1.29, 1.82) is 0 Å². The second-order valence-corrected chi connectivity index (χ2v) is 5.37. The van der Waals surface area contributed by atoms with Crippen molar-refractivity contribution < 1.29 is 4.74 Å². The summed E-state index contributed by atoms with van der Waals surface area (Å²) in [6.07, 6.45) is 2.00. The van der Waals surface area contributed by atoms with Crippen molar-refractivity contribution >= 4 is 12.2 Å². The summed E-state index contributed by atoms with van der Waals surface area (Å²) in [5.41, 5.74) is 0.0575. The first-order chi connectivity index (χ1) is 7.54. The number of rotatable bonds is 2. The zero-order chi connectivity index (χ0) is 11.8. The summed E-state index contributed by atoms with van der Waals surface area (Å²) in [5.74, 6) is 1.43. The molecule has 1 fully saturated rings. The molecule has 0 atom stereocenters. The van der Waals surface area contributed by atoms with Gasteiger partial charge in [-0.1, -0.05) is 13.8 Å². The van der Waals surface area contributed by atoms with Gasteiger partial charge in [-0.05, 0) is 32.0 Å². The molecule has 0 amide bonds. The Labute approximate surface area is 101 Å². The first-order valence-electron chi connectivity index (χ1n) is 5.80. The van der Waals surface area contributed by atoms with Crippen LogP contribution in [0.4, 0.5) is 0 Å². The van der Waals surface area contributed by atoms with Gasteiger partial charge in [0, 0.05) is 19.1 Å². The standard InChI is InChI=1S/C11H19N3OS/c1-8(2)9-12-13-10(16)14(9)11(3)4-6-15-7-5-11/h8H,4-7H2,1-3H3,(H,13,16). The maximum Gasteiger partial charge on any atom is 0.195 e. The molecule has 0 radical (unpaired) electrons. The third-order valence-electron chi connectivity index (χ3n) is 3.32. The lowest BCUT2D eigenvalue weighted by Gasteiger charge is -2.36. The van der Waals surface area contributed by atoms with Crippen LogP contribution in [-0.2, 0) is 10.3 Å². The van der Waals surface area contributed by atoms with Crippen molar-refractivity contribution in [2.24, 2.45) is 0 Å². The molecule has 4 nitrogen and oxygen atoms in total. The van der Waals surface area contributed by atoms with Crippen LogP contribution in [0.3, 0.4) is 0 Å². The van der Waals surface area contributed by atoms with Crippen LogP contribution in [0.25, 0.3) is 0 Å². The van der Waals surface area contributed by atoms with E-state index in [0.717, 1.165) is 36.7 Å². The van der Waals surface area contributed by atoms with Gasteiger partial charge in [0.25, 0.3) is 0 Å². The smallest absolute Gasteiger partial charge is 0.195 e. The van der Waals surface area contributed by atoms with E-state index in [0.29, 0.717) is 5.92 Å². The van der Waals surface area contributed by atoms with Crippen molar-refractivity contribution in [1.82, 2.24) is 14.8 Å². The zero-order valence-corrected chi connectivity index (χ0v) is 10.9. The number of ether oxygens (including phenoxy) is 1. The van der Waals surface area contributed by atoms with Gasteiger partial charge in [0.15, 0.2) is 4.77 Å². The van der Waals surface area contributed by atoms with E-state index in [1.54, 1.807) is 0 Å². The molecule has 1 aliphatic heterocycles. The Morgan fingerprint density at radius 2 is 2.06 bits per heavy atom. The van der Waals surface area contributed by atoms with Crippen LogP contribution < -0.4 is 0 Å². The van der Waals surface area contributed by atoms with E-state index >= 15 is 0 Å². The highest BCUT2D eigenvalue weighted by atomic mass is 32.1. The number of nitrogens with one attached hydrogen (secondary N) is 1. The Hall–Kier alpha value is -0.680. The van der Waals surface area contributed by atoms with Crippen LogP contribution >= 0.6 is 12.2 Å². The third kappa shape index (κ3) is 1.94. The van der Waals surface area contributed by atoms with E-state index in [9.17, 15) is 0 Å². The molecule has 2 rings (SSSR count). The van der Waals surface area contributed by atoms with Crippen molar-refractivity contribution in [3.8, 4) is 0 Å². The molecule has 0 bridgehead atoms. The third-order valence-corrected chi connectivity index (χ3v) is 3.60. The van der Waals surface area contributed by atoms with E-state index in [1.807, 2.05) is 0 Å². The summed E-state index contributed by atoms with van der Waals surface area (Å²) in [5, 5.41) is 7.26. The number of aromatic amines is 1. The molecular weight excluding hydrogens is 222 g/mol. The molecule has 1 aromatic heterocycles. The lowest BCUT2D eigenvalue weighted by atomic mass is 9.91. The molecule has 1 saturated heterocycles. The Kier molecular flexibility index (Phi) is 3.17. The van der Waals surface area contributed by atoms with Gasteiger partial charge in [-0.2, -0.15) is 5.10 Å². The number of H-pyrrole nitrogens is 1. The number of hydrogen-bond acceptors (Lipinski definition) is 3. The largest absolute Gasteiger partial charge is 0.381 e. The average molecular weight is 241 g/mol. The highest BCUT2D eigenvalue weighted by molar-refractivity contribution is 7.71. The van der Waals surface area contributed by atoms with Crippen LogP contribution in [-0.4, -0.2) is 28.0 Å². The van der Waals surface area contributed by atoms with Crippen LogP contribution in [0, 0.1) is 4.77 Å². The minimum Gasteiger partial charge on any atom is -0.381 e. The van der Waals surface area contributed by atoms with Gasteiger partial charge < -0.3 is 4.74 Å². The lowest BCUT2D eigenvalue weighted by Crippen LogP contribution is -2.38. The molecule has 1 N–H and O–H groups in total. The topological polar surface area (TPSA) is 42.8 Å². The summed E-state index contributed by atoms with van der Waals surface area (Å²) in [7, 11) is 0. The zero-order valence-electron chi connectivity index (χ0n) is 10.1. The Balaban J connectivity index is 2.45. The summed E-state index contributed by atoms with van der Waals surface area (Å²) in [4.78, 5) is 0. The van der Waals surface area contributed by atoms with E-state index < -0.39 is 0 Å². The lowest BCUT2D eigenvalue weighted by molar-refractivity contribution is 0.0273. The van der Waals surface area contributed by atoms with Crippen molar-refractivity contribution in [3.05, 3.63) is 10.6 Å². The second-order valence-electron chi connectivity index (χ2n) is 4.99. The Bertz CT molecular complexity index is 415. The van der Waals surface area contributed by atoms with Gasteiger partial charge in [-0.3, -0.25) is 9.67 Å². The highest BCUT2D eigenvalue weighted by Gasteiger charge is 2.32. The van der Waals surface area contributed by atoms with Gasteiger partial charge in [-0.25, -0.2) is 0 Å². The quantitative estimate of drug-likeness (QED) is 0.809. The summed E-state index contributed by atoms with van der Waals surface area (Å²) < 4.78 is 8.34. The summed E-state index contributed by atoms with van der Waals surface area (Å²) in [6.45, 7) is 8.14. The van der Waals surface area contributed by atoms with E-state index in [2.05, 4.69) is 35.5 Å². The second kappa shape index (κ2) is 4.30. The van der Waals surface area contributed by atoms with E-state index in [1.165, 1.54) is 0 Å². The number of nitrogens with zero attached hydrogens (tertiary/aromatic N) is 2. The molecule has 0 aliphatic carbocycles. The van der Waals surface area contributed by atoms with Crippen molar-refractivity contribution in [3.63, 3.8) is 0 Å². The molecule has 1 aromatic rings. The molecule has 0 unspecified atom stereocenters. The monoisotopic (exact) mass is 241 g/mol. The normalized spacial score (nSPS) is 20.2. The molecule has 2 heterocycles. The maximum atomic E-state index is 5.43. The molecule has 0 aromatic carbocycles. The average Bonchev–Trinajstić information content (AvgIpc) is 2.62. The predicted molar refractivity (Wildman–Crippen MR) is 65.2 cm³/mol. The number of aromatic nitrogens is 3. The summed E-state index contributed by atoms with van der Waals surface area (Å²) in [6, 6.07) is 0. The van der Waals surface area contributed by atoms with Gasteiger partial charge in [-0.15, -0.1) is 0 Å². The SMILES string of the molecule is CC(C)c1n[nH]c(=S)n1C1(C)CCOCC1. The molecule has 0 saturated carbocycles. The molecule has 90 valence electrons. The molecular formula is C11H19N3OS. The first-order valence-corrected chi connectivity index (χ1v) is 6.21. The molecule has 0 spiro atoms. The summed E-state index contributed by atoms with van der Waals surface area (Å²) >= 11 is 5.35. The van der Waals surface area contributed by atoms with Gasteiger partial charge >= 0.3 is 0 Å². The van der Waals surface area contributed by atoms with Crippen LogP contribution in [0.1, 0.15) is 45.4 Å². The number of hydrogen-bond donors (Lipinski definition) is 1. The van der Waals surface area contributed by atoms with Crippen molar-refractivity contribution in [2.75, 3.05) is 13.2 Å². The predicted octanol–water partition coefficient (Wildman–Crippen LogP) is 2.59. The minimum atomic E-state index is 0.0575. The van der Waals surface area contributed by atoms with Gasteiger partial charge in [0.1, 0.15) is 5.82 Å². The fraction of sp³-hybridized carbons (Fsp3) is 0.818. The fourth-order valence-electron chi connectivity index (χ4n) is 2.25. The van der Waals surface area contributed by atoms with Crippen LogP contribution in [0.2, 0.25) is 0 Å². The molecule has 5 heteroatoms. The Morgan fingerprint density at radius 3 is 2.62 bits per heavy atom.